The first kappa shape index (κ1) is 15.9. The summed E-state index contributed by atoms with van der Waals surface area (Å²) in [7, 11) is 2.12. The molecule has 1 aromatic carbocycles. The first-order valence-corrected chi connectivity index (χ1v) is 7.90. The first-order chi connectivity index (χ1) is 11.2. The van der Waals surface area contributed by atoms with Crippen molar-refractivity contribution >= 4 is 6.29 Å². The highest BCUT2D eigenvalue weighted by Crippen LogP contribution is 2.24. The second-order valence-corrected chi connectivity index (χ2v) is 6.06. The lowest BCUT2D eigenvalue weighted by Gasteiger charge is -2.33. The standard InChI is InChI=1S/C18H22N2O3/c1-19-8-10-20(11-9-19)12-17(22)14-2-4-15(5-3-14)18-7-6-16(13-21)23-18/h2-7,13,17,22H,8-12H2,1H3. The molecule has 1 unspecified atom stereocenters. The SMILES string of the molecule is CN1CCN(CC(O)c2ccc(-c3ccc(C=O)o3)cc2)CC1. The molecule has 1 aliphatic rings. The summed E-state index contributed by atoms with van der Waals surface area (Å²) >= 11 is 0. The Morgan fingerprint density at radius 2 is 1.83 bits per heavy atom. The summed E-state index contributed by atoms with van der Waals surface area (Å²) in [5.74, 6) is 0.978. The molecule has 1 atom stereocenters. The van der Waals surface area contributed by atoms with Crippen molar-refractivity contribution in [1.29, 1.82) is 0 Å². The van der Waals surface area contributed by atoms with Crippen molar-refractivity contribution in [2.75, 3.05) is 39.8 Å². The van der Waals surface area contributed by atoms with E-state index in [2.05, 4.69) is 16.8 Å². The van der Waals surface area contributed by atoms with Gasteiger partial charge in [-0.25, -0.2) is 0 Å². The number of hydrogen-bond acceptors (Lipinski definition) is 5. The lowest BCUT2D eigenvalue weighted by atomic mass is 10.1. The van der Waals surface area contributed by atoms with E-state index in [-0.39, 0.29) is 0 Å². The zero-order chi connectivity index (χ0) is 16.2. The summed E-state index contributed by atoms with van der Waals surface area (Å²) in [5.41, 5.74) is 1.79. The van der Waals surface area contributed by atoms with Crippen LogP contribution in [0.3, 0.4) is 0 Å². The Kier molecular flexibility index (Phi) is 4.91. The van der Waals surface area contributed by atoms with E-state index in [4.69, 9.17) is 4.42 Å². The molecule has 1 aliphatic heterocycles. The summed E-state index contributed by atoms with van der Waals surface area (Å²) in [5, 5.41) is 10.4. The van der Waals surface area contributed by atoms with Gasteiger partial charge in [0.25, 0.3) is 0 Å². The number of hydrogen-bond donors (Lipinski definition) is 1. The topological polar surface area (TPSA) is 56.9 Å². The summed E-state index contributed by atoms with van der Waals surface area (Å²) in [6.45, 7) is 4.73. The van der Waals surface area contributed by atoms with Gasteiger partial charge in [0.2, 0.25) is 0 Å². The van der Waals surface area contributed by atoms with Crippen molar-refractivity contribution < 1.29 is 14.3 Å². The van der Waals surface area contributed by atoms with Crippen LogP contribution in [0.1, 0.15) is 22.2 Å². The summed E-state index contributed by atoms with van der Waals surface area (Å²) < 4.78 is 5.41. The summed E-state index contributed by atoms with van der Waals surface area (Å²) in [4.78, 5) is 15.3. The number of furan rings is 1. The van der Waals surface area contributed by atoms with Crippen LogP contribution < -0.4 is 0 Å². The largest absolute Gasteiger partial charge is 0.453 e. The van der Waals surface area contributed by atoms with Crippen molar-refractivity contribution in [3.63, 3.8) is 0 Å². The number of rotatable bonds is 5. The predicted molar refractivity (Wildman–Crippen MR) is 88.4 cm³/mol. The lowest BCUT2D eigenvalue weighted by molar-refractivity contribution is 0.0805. The third-order valence-electron chi connectivity index (χ3n) is 4.35. The van der Waals surface area contributed by atoms with E-state index in [0.717, 1.165) is 37.3 Å². The van der Waals surface area contributed by atoms with Crippen molar-refractivity contribution in [1.82, 2.24) is 9.80 Å². The third kappa shape index (κ3) is 3.88. The second-order valence-electron chi connectivity index (χ2n) is 6.06. The van der Waals surface area contributed by atoms with Crippen molar-refractivity contribution in [2.24, 2.45) is 0 Å². The Balaban J connectivity index is 1.63. The molecule has 5 nitrogen and oxygen atoms in total. The van der Waals surface area contributed by atoms with Gasteiger partial charge < -0.3 is 14.4 Å². The van der Waals surface area contributed by atoms with Gasteiger partial charge >= 0.3 is 0 Å². The number of carbonyl (C=O) groups is 1. The maximum absolute atomic E-state index is 10.7. The normalized spacial score (nSPS) is 18.0. The molecule has 0 radical (unpaired) electrons. The van der Waals surface area contributed by atoms with E-state index in [9.17, 15) is 9.90 Å². The molecule has 3 rings (SSSR count). The fourth-order valence-corrected chi connectivity index (χ4v) is 2.82. The summed E-state index contributed by atoms with van der Waals surface area (Å²) in [6.07, 6.45) is 0.201. The van der Waals surface area contributed by atoms with Crippen LogP contribution in [0.2, 0.25) is 0 Å². The number of piperazine rings is 1. The average molecular weight is 314 g/mol. The third-order valence-corrected chi connectivity index (χ3v) is 4.35. The van der Waals surface area contributed by atoms with E-state index in [1.165, 1.54) is 0 Å². The van der Waals surface area contributed by atoms with Gasteiger partial charge in [0, 0.05) is 38.3 Å². The van der Waals surface area contributed by atoms with Crippen LogP contribution in [0.15, 0.2) is 40.8 Å². The van der Waals surface area contributed by atoms with Crippen LogP contribution in [-0.2, 0) is 0 Å². The van der Waals surface area contributed by atoms with E-state index in [0.29, 0.717) is 24.4 Å². The van der Waals surface area contributed by atoms with E-state index in [1.54, 1.807) is 12.1 Å². The number of carbonyl (C=O) groups excluding carboxylic acids is 1. The maximum atomic E-state index is 10.7. The molecular weight excluding hydrogens is 292 g/mol. The fourth-order valence-electron chi connectivity index (χ4n) is 2.82. The number of aliphatic hydroxyl groups excluding tert-OH is 1. The Morgan fingerprint density at radius 3 is 2.43 bits per heavy atom. The average Bonchev–Trinajstić information content (AvgIpc) is 3.06. The van der Waals surface area contributed by atoms with E-state index < -0.39 is 6.10 Å². The highest BCUT2D eigenvalue weighted by Gasteiger charge is 2.18. The lowest BCUT2D eigenvalue weighted by Crippen LogP contribution is -2.45. The number of likely N-dealkylation sites (N-methyl/N-ethyl adjacent to an activating group) is 1. The molecule has 23 heavy (non-hydrogen) atoms. The number of nitrogens with zero attached hydrogens (tertiary/aromatic N) is 2. The van der Waals surface area contributed by atoms with Crippen LogP contribution in [0.4, 0.5) is 0 Å². The quantitative estimate of drug-likeness (QED) is 0.856. The number of aldehydes is 1. The first-order valence-electron chi connectivity index (χ1n) is 7.90. The summed E-state index contributed by atoms with van der Waals surface area (Å²) in [6, 6.07) is 11.1. The molecular formula is C18H22N2O3. The number of aliphatic hydroxyl groups is 1. The van der Waals surface area contributed by atoms with Gasteiger partial charge in [-0.1, -0.05) is 24.3 Å². The van der Waals surface area contributed by atoms with Crippen LogP contribution in [0.5, 0.6) is 0 Å². The van der Waals surface area contributed by atoms with Gasteiger partial charge in [-0.2, -0.15) is 0 Å². The molecule has 2 heterocycles. The molecule has 5 heteroatoms. The van der Waals surface area contributed by atoms with Gasteiger partial charge in [-0.3, -0.25) is 9.69 Å². The van der Waals surface area contributed by atoms with Crippen molar-refractivity contribution in [3.8, 4) is 11.3 Å². The zero-order valence-electron chi connectivity index (χ0n) is 13.3. The molecule has 1 N–H and O–H groups in total. The van der Waals surface area contributed by atoms with Crippen LogP contribution in [0, 0.1) is 0 Å². The van der Waals surface area contributed by atoms with Crippen LogP contribution >= 0.6 is 0 Å². The van der Waals surface area contributed by atoms with Gasteiger partial charge in [0.1, 0.15) is 5.76 Å². The van der Waals surface area contributed by atoms with E-state index in [1.807, 2.05) is 24.3 Å². The molecule has 2 aromatic rings. The molecule has 1 saturated heterocycles. The van der Waals surface area contributed by atoms with Crippen LogP contribution in [0.25, 0.3) is 11.3 Å². The fraction of sp³-hybridized carbons (Fsp3) is 0.389. The predicted octanol–water partition coefficient (Wildman–Crippen LogP) is 2.04. The molecule has 1 aromatic heterocycles. The minimum absolute atomic E-state index is 0.319. The molecule has 1 fully saturated rings. The smallest absolute Gasteiger partial charge is 0.185 e. The Hall–Kier alpha value is -1.95. The molecule has 0 amide bonds. The van der Waals surface area contributed by atoms with Gasteiger partial charge in [0.15, 0.2) is 12.0 Å². The Bertz CT molecular complexity index is 643. The highest BCUT2D eigenvalue weighted by molar-refractivity contribution is 5.72. The maximum Gasteiger partial charge on any atom is 0.185 e. The van der Waals surface area contributed by atoms with Gasteiger partial charge in [0.05, 0.1) is 6.10 Å². The molecule has 0 aliphatic carbocycles. The van der Waals surface area contributed by atoms with Crippen molar-refractivity contribution in [2.45, 2.75) is 6.10 Å². The van der Waals surface area contributed by atoms with E-state index >= 15 is 0 Å². The minimum atomic E-state index is -0.491. The van der Waals surface area contributed by atoms with Gasteiger partial charge in [-0.05, 0) is 24.7 Å². The Morgan fingerprint density at radius 1 is 1.13 bits per heavy atom. The number of β-amino-alcohol motifs (C(OH)–C–C–N with tert-alkyl or cyclic N) is 1. The van der Waals surface area contributed by atoms with Crippen molar-refractivity contribution in [3.05, 3.63) is 47.7 Å². The second kappa shape index (κ2) is 7.08. The molecule has 0 spiro atoms. The highest BCUT2D eigenvalue weighted by atomic mass is 16.3. The molecule has 122 valence electrons. The van der Waals surface area contributed by atoms with Crippen LogP contribution in [-0.4, -0.2) is 61.0 Å². The van der Waals surface area contributed by atoms with Gasteiger partial charge in [-0.15, -0.1) is 0 Å². The Labute approximate surface area is 136 Å². The monoisotopic (exact) mass is 314 g/mol. The number of benzene rings is 1. The molecule has 0 bridgehead atoms. The molecule has 0 saturated carbocycles. The zero-order valence-corrected chi connectivity index (χ0v) is 13.3. The minimum Gasteiger partial charge on any atom is -0.453 e.